The molecule has 1 amide bonds. The van der Waals surface area contributed by atoms with Crippen LogP contribution in [0.3, 0.4) is 0 Å². The van der Waals surface area contributed by atoms with Crippen molar-refractivity contribution >= 4 is 5.91 Å². The lowest BCUT2D eigenvalue weighted by Crippen LogP contribution is -2.32. The Morgan fingerprint density at radius 2 is 2.22 bits per heavy atom. The van der Waals surface area contributed by atoms with Gasteiger partial charge < -0.3 is 5.32 Å². The first-order valence-corrected chi connectivity index (χ1v) is 6.63. The van der Waals surface area contributed by atoms with Crippen molar-refractivity contribution in [3.63, 3.8) is 0 Å². The summed E-state index contributed by atoms with van der Waals surface area (Å²) in [4.78, 5) is 14.3. The molecule has 0 atom stereocenters. The molecule has 0 fully saturated rings. The zero-order chi connectivity index (χ0) is 13.3. The van der Waals surface area contributed by atoms with Crippen molar-refractivity contribution in [1.82, 2.24) is 20.0 Å². The SMILES string of the molecule is CCN1CCc2c(c(C(=O)NC)nn2C(C)C)C1. The van der Waals surface area contributed by atoms with Gasteiger partial charge in [0, 0.05) is 43.9 Å². The maximum absolute atomic E-state index is 11.9. The van der Waals surface area contributed by atoms with Crippen molar-refractivity contribution in [3.05, 3.63) is 17.0 Å². The molecule has 0 bridgehead atoms. The van der Waals surface area contributed by atoms with Gasteiger partial charge in [-0.3, -0.25) is 14.4 Å². The van der Waals surface area contributed by atoms with Gasteiger partial charge in [0.15, 0.2) is 5.69 Å². The van der Waals surface area contributed by atoms with Crippen LogP contribution in [0.2, 0.25) is 0 Å². The molecule has 0 saturated heterocycles. The molecule has 1 aromatic rings. The molecule has 5 nitrogen and oxygen atoms in total. The number of carbonyl (C=O) groups is 1. The second-order valence-electron chi connectivity index (χ2n) is 5.01. The molecule has 2 rings (SSSR count). The molecule has 100 valence electrons. The predicted octanol–water partition coefficient (Wildman–Crippen LogP) is 1.20. The molecule has 0 spiro atoms. The van der Waals surface area contributed by atoms with Gasteiger partial charge in [0.25, 0.3) is 5.91 Å². The van der Waals surface area contributed by atoms with Gasteiger partial charge >= 0.3 is 0 Å². The smallest absolute Gasteiger partial charge is 0.271 e. The summed E-state index contributed by atoms with van der Waals surface area (Å²) < 4.78 is 2.01. The number of hydrogen-bond acceptors (Lipinski definition) is 3. The first kappa shape index (κ1) is 13.1. The van der Waals surface area contributed by atoms with Gasteiger partial charge in [0.1, 0.15) is 0 Å². The number of aromatic nitrogens is 2. The average Bonchev–Trinajstić information content (AvgIpc) is 2.76. The van der Waals surface area contributed by atoms with Gasteiger partial charge in [0.2, 0.25) is 0 Å². The molecule has 1 aromatic heterocycles. The van der Waals surface area contributed by atoms with Crippen molar-refractivity contribution < 1.29 is 4.79 Å². The fourth-order valence-electron chi connectivity index (χ4n) is 2.50. The van der Waals surface area contributed by atoms with Crippen molar-refractivity contribution in [1.29, 1.82) is 0 Å². The molecule has 0 saturated carbocycles. The zero-order valence-corrected chi connectivity index (χ0v) is 11.7. The maximum atomic E-state index is 11.9. The highest BCUT2D eigenvalue weighted by atomic mass is 16.1. The minimum atomic E-state index is -0.0800. The van der Waals surface area contributed by atoms with Crippen LogP contribution in [0.25, 0.3) is 0 Å². The van der Waals surface area contributed by atoms with E-state index < -0.39 is 0 Å². The molecular formula is C13H22N4O. The van der Waals surface area contributed by atoms with Crippen LogP contribution in [0.5, 0.6) is 0 Å². The van der Waals surface area contributed by atoms with Crippen LogP contribution >= 0.6 is 0 Å². The number of amides is 1. The Hall–Kier alpha value is -1.36. The van der Waals surface area contributed by atoms with E-state index in [1.807, 2.05) is 4.68 Å². The third kappa shape index (κ3) is 2.14. The Morgan fingerprint density at radius 3 is 2.78 bits per heavy atom. The highest BCUT2D eigenvalue weighted by Crippen LogP contribution is 2.24. The van der Waals surface area contributed by atoms with E-state index in [-0.39, 0.29) is 5.91 Å². The highest BCUT2D eigenvalue weighted by molar-refractivity contribution is 5.93. The van der Waals surface area contributed by atoms with E-state index in [0.29, 0.717) is 11.7 Å². The van der Waals surface area contributed by atoms with Crippen LogP contribution < -0.4 is 5.32 Å². The van der Waals surface area contributed by atoms with E-state index in [2.05, 4.69) is 36.1 Å². The molecule has 1 N–H and O–H groups in total. The van der Waals surface area contributed by atoms with Gasteiger partial charge in [-0.1, -0.05) is 6.92 Å². The molecule has 18 heavy (non-hydrogen) atoms. The van der Waals surface area contributed by atoms with Crippen molar-refractivity contribution in [2.75, 3.05) is 20.1 Å². The lowest BCUT2D eigenvalue weighted by molar-refractivity contribution is 0.0955. The third-order valence-corrected chi connectivity index (χ3v) is 3.54. The van der Waals surface area contributed by atoms with Crippen molar-refractivity contribution in [3.8, 4) is 0 Å². The average molecular weight is 250 g/mol. The van der Waals surface area contributed by atoms with E-state index in [9.17, 15) is 4.79 Å². The van der Waals surface area contributed by atoms with Gasteiger partial charge in [0.05, 0.1) is 0 Å². The van der Waals surface area contributed by atoms with Gasteiger partial charge in [-0.15, -0.1) is 0 Å². The monoisotopic (exact) mass is 250 g/mol. The standard InChI is InChI=1S/C13H22N4O/c1-5-16-7-6-11-10(8-16)12(13(18)14-4)15-17(11)9(2)3/h9H,5-8H2,1-4H3,(H,14,18). The number of nitrogens with zero attached hydrogens (tertiary/aromatic N) is 3. The van der Waals surface area contributed by atoms with E-state index in [4.69, 9.17) is 0 Å². The summed E-state index contributed by atoms with van der Waals surface area (Å²) >= 11 is 0. The van der Waals surface area contributed by atoms with E-state index >= 15 is 0 Å². The molecule has 5 heteroatoms. The molecular weight excluding hydrogens is 228 g/mol. The van der Waals surface area contributed by atoms with E-state index in [1.54, 1.807) is 7.05 Å². The van der Waals surface area contributed by atoms with Crippen LogP contribution in [-0.4, -0.2) is 40.7 Å². The van der Waals surface area contributed by atoms with Crippen LogP contribution in [0.1, 0.15) is 48.6 Å². The third-order valence-electron chi connectivity index (χ3n) is 3.54. The van der Waals surface area contributed by atoms with Crippen LogP contribution in [0, 0.1) is 0 Å². The van der Waals surface area contributed by atoms with Crippen molar-refractivity contribution in [2.24, 2.45) is 0 Å². The molecule has 0 unspecified atom stereocenters. The molecule has 1 aliphatic heterocycles. The topological polar surface area (TPSA) is 50.2 Å². The predicted molar refractivity (Wildman–Crippen MR) is 70.7 cm³/mol. The minimum Gasteiger partial charge on any atom is -0.354 e. The second-order valence-corrected chi connectivity index (χ2v) is 5.01. The van der Waals surface area contributed by atoms with Gasteiger partial charge in [-0.25, -0.2) is 0 Å². The fraction of sp³-hybridized carbons (Fsp3) is 0.692. The number of hydrogen-bond donors (Lipinski definition) is 1. The summed E-state index contributed by atoms with van der Waals surface area (Å²) in [6, 6.07) is 0.297. The molecule has 2 heterocycles. The number of carbonyl (C=O) groups excluding carboxylic acids is 1. The number of nitrogens with one attached hydrogen (secondary N) is 1. The lowest BCUT2D eigenvalue weighted by Gasteiger charge is -2.26. The molecule has 0 radical (unpaired) electrons. The summed E-state index contributed by atoms with van der Waals surface area (Å²) in [6.45, 7) is 9.26. The minimum absolute atomic E-state index is 0.0800. The Labute approximate surface area is 108 Å². The van der Waals surface area contributed by atoms with Gasteiger partial charge in [-0.2, -0.15) is 5.10 Å². The molecule has 0 aromatic carbocycles. The Kier molecular flexibility index (Phi) is 3.71. The maximum Gasteiger partial charge on any atom is 0.271 e. The van der Waals surface area contributed by atoms with Crippen LogP contribution in [0.4, 0.5) is 0 Å². The Bertz CT molecular complexity index is 450. The normalized spacial score (nSPS) is 15.8. The quantitative estimate of drug-likeness (QED) is 0.877. The summed E-state index contributed by atoms with van der Waals surface area (Å²) in [7, 11) is 1.66. The largest absolute Gasteiger partial charge is 0.354 e. The first-order chi connectivity index (χ1) is 8.58. The second kappa shape index (κ2) is 5.10. The van der Waals surface area contributed by atoms with Gasteiger partial charge in [-0.05, 0) is 20.4 Å². The number of fused-ring (bicyclic) bond motifs is 1. The summed E-state index contributed by atoms with van der Waals surface area (Å²) in [5.74, 6) is -0.0800. The first-order valence-electron chi connectivity index (χ1n) is 6.63. The van der Waals surface area contributed by atoms with Crippen LogP contribution in [0.15, 0.2) is 0 Å². The zero-order valence-electron chi connectivity index (χ0n) is 11.7. The van der Waals surface area contributed by atoms with E-state index in [0.717, 1.165) is 31.6 Å². The highest BCUT2D eigenvalue weighted by Gasteiger charge is 2.27. The van der Waals surface area contributed by atoms with Crippen LogP contribution in [-0.2, 0) is 13.0 Å². The van der Waals surface area contributed by atoms with E-state index in [1.165, 1.54) is 5.69 Å². The Morgan fingerprint density at radius 1 is 1.50 bits per heavy atom. The summed E-state index contributed by atoms with van der Waals surface area (Å²) in [5, 5.41) is 7.19. The molecule has 0 aliphatic carbocycles. The Balaban J connectivity index is 2.45. The number of rotatable bonds is 3. The molecule has 1 aliphatic rings. The summed E-state index contributed by atoms with van der Waals surface area (Å²) in [5.41, 5.74) is 2.93. The lowest BCUT2D eigenvalue weighted by atomic mass is 10.0. The summed E-state index contributed by atoms with van der Waals surface area (Å²) in [6.07, 6.45) is 0.978. The van der Waals surface area contributed by atoms with Crippen molar-refractivity contribution in [2.45, 2.75) is 39.8 Å². The fourth-order valence-corrected chi connectivity index (χ4v) is 2.50. The number of likely N-dealkylation sites (N-methyl/N-ethyl adjacent to an activating group) is 1.